The minimum absolute atomic E-state index is 0.0693. The number of fused-ring (bicyclic) bond motifs is 1. The Morgan fingerprint density at radius 2 is 1.88 bits per heavy atom. The van der Waals surface area contributed by atoms with Crippen LogP contribution in [-0.2, 0) is 21.3 Å². The fourth-order valence-electron chi connectivity index (χ4n) is 3.32. The molecule has 1 aliphatic heterocycles. The Balaban J connectivity index is 1.68. The van der Waals surface area contributed by atoms with E-state index < -0.39 is 10.0 Å². The van der Waals surface area contributed by atoms with E-state index in [0.29, 0.717) is 23.8 Å². The predicted molar refractivity (Wildman–Crippen MR) is 99.2 cm³/mol. The second-order valence-corrected chi connectivity index (χ2v) is 8.46. The molecule has 136 valence electrons. The van der Waals surface area contributed by atoms with Crippen molar-refractivity contribution < 1.29 is 17.6 Å². The van der Waals surface area contributed by atoms with Gasteiger partial charge in [0.2, 0.25) is 10.0 Å². The normalized spacial score (nSPS) is 18.0. The van der Waals surface area contributed by atoms with Gasteiger partial charge in [0.05, 0.1) is 23.8 Å². The number of nitrogens with zero attached hydrogens (tertiary/aromatic N) is 1. The molecule has 1 saturated heterocycles. The van der Waals surface area contributed by atoms with Crippen LogP contribution in [0, 0.1) is 0 Å². The van der Waals surface area contributed by atoms with Crippen LogP contribution in [0.5, 0.6) is 0 Å². The molecule has 0 radical (unpaired) electrons. The fraction of sp³-hybridized carbons (Fsp3) is 0.300. The van der Waals surface area contributed by atoms with E-state index in [2.05, 4.69) is 0 Å². The second kappa shape index (κ2) is 7.23. The lowest BCUT2D eigenvalue weighted by Crippen LogP contribution is -2.36. The van der Waals surface area contributed by atoms with Crippen LogP contribution >= 0.6 is 0 Å². The van der Waals surface area contributed by atoms with Crippen LogP contribution in [0.4, 0.5) is 0 Å². The van der Waals surface area contributed by atoms with Gasteiger partial charge >= 0.3 is 0 Å². The van der Waals surface area contributed by atoms with E-state index in [1.807, 2.05) is 30.3 Å². The Kier molecular flexibility index (Phi) is 4.80. The van der Waals surface area contributed by atoms with Crippen molar-refractivity contribution in [1.82, 2.24) is 4.31 Å². The van der Waals surface area contributed by atoms with Crippen molar-refractivity contribution in [1.29, 1.82) is 0 Å². The van der Waals surface area contributed by atoms with Crippen LogP contribution in [0.3, 0.4) is 0 Å². The van der Waals surface area contributed by atoms with E-state index in [-0.39, 0.29) is 12.6 Å². The number of benzene rings is 2. The van der Waals surface area contributed by atoms with Crippen LogP contribution in [0.15, 0.2) is 70.2 Å². The molecule has 6 heteroatoms. The van der Waals surface area contributed by atoms with Crippen molar-refractivity contribution in [3.8, 4) is 0 Å². The average molecular weight is 371 g/mol. The van der Waals surface area contributed by atoms with E-state index in [0.717, 1.165) is 23.6 Å². The number of rotatable bonds is 6. The van der Waals surface area contributed by atoms with Gasteiger partial charge in [0.25, 0.3) is 0 Å². The highest BCUT2D eigenvalue weighted by molar-refractivity contribution is 7.89. The zero-order valence-corrected chi connectivity index (χ0v) is 15.2. The maximum Gasteiger partial charge on any atom is 0.243 e. The Labute approximate surface area is 153 Å². The van der Waals surface area contributed by atoms with Gasteiger partial charge in [-0.3, -0.25) is 0 Å². The predicted octanol–water partition coefficient (Wildman–Crippen LogP) is 3.80. The molecule has 2 heterocycles. The van der Waals surface area contributed by atoms with Gasteiger partial charge in [-0.05, 0) is 47.9 Å². The number of ether oxygens (including phenoxy) is 1. The summed E-state index contributed by atoms with van der Waals surface area (Å²) in [5.74, 6) is 0.618. The number of hydrogen-bond acceptors (Lipinski definition) is 4. The minimum atomic E-state index is -3.66. The van der Waals surface area contributed by atoms with Gasteiger partial charge in [0.15, 0.2) is 0 Å². The Bertz CT molecular complexity index is 976. The molecule has 0 aliphatic carbocycles. The van der Waals surface area contributed by atoms with E-state index in [1.54, 1.807) is 30.5 Å². The Hall–Kier alpha value is -2.15. The van der Waals surface area contributed by atoms with E-state index in [9.17, 15) is 8.42 Å². The molecule has 1 aliphatic rings. The monoisotopic (exact) mass is 371 g/mol. The van der Waals surface area contributed by atoms with E-state index in [1.165, 1.54) is 4.31 Å². The summed E-state index contributed by atoms with van der Waals surface area (Å²) in [6.45, 7) is 1.22. The summed E-state index contributed by atoms with van der Waals surface area (Å²) in [6.07, 6.45) is 3.33. The topological polar surface area (TPSA) is 59.8 Å². The van der Waals surface area contributed by atoms with Crippen molar-refractivity contribution in [2.24, 2.45) is 0 Å². The molecular formula is C20H21NO4S. The summed E-state index contributed by atoms with van der Waals surface area (Å²) >= 11 is 0. The van der Waals surface area contributed by atoms with Crippen molar-refractivity contribution in [3.05, 3.63) is 66.6 Å². The molecule has 0 spiro atoms. The summed E-state index contributed by atoms with van der Waals surface area (Å²) < 4.78 is 39.2. The molecule has 5 nitrogen and oxygen atoms in total. The van der Waals surface area contributed by atoms with Crippen LogP contribution in [0.1, 0.15) is 18.6 Å². The molecule has 2 aromatic carbocycles. The molecule has 0 bridgehead atoms. The third-order valence-electron chi connectivity index (χ3n) is 4.70. The van der Waals surface area contributed by atoms with Gasteiger partial charge in [-0.25, -0.2) is 8.42 Å². The summed E-state index contributed by atoms with van der Waals surface area (Å²) in [5.41, 5.74) is 0. The van der Waals surface area contributed by atoms with Gasteiger partial charge in [0.1, 0.15) is 5.76 Å². The quantitative estimate of drug-likeness (QED) is 0.661. The summed E-state index contributed by atoms with van der Waals surface area (Å²) in [4.78, 5) is 0.292. The number of furan rings is 1. The average Bonchev–Trinajstić information content (AvgIpc) is 3.35. The molecule has 0 amide bonds. The summed E-state index contributed by atoms with van der Waals surface area (Å²) in [7, 11) is -3.66. The molecule has 3 aromatic rings. The molecule has 4 rings (SSSR count). The van der Waals surface area contributed by atoms with Crippen molar-refractivity contribution >= 4 is 20.8 Å². The molecule has 0 saturated carbocycles. The van der Waals surface area contributed by atoms with Crippen LogP contribution in [0.25, 0.3) is 10.8 Å². The SMILES string of the molecule is O=S(=O)(c1ccc2ccccc2c1)N(Cc1ccco1)C[C@H]1CCCO1. The summed E-state index contributed by atoms with van der Waals surface area (Å²) in [5, 5.41) is 1.92. The van der Waals surface area contributed by atoms with Gasteiger partial charge in [-0.1, -0.05) is 30.3 Å². The third-order valence-corrected chi connectivity index (χ3v) is 6.51. The molecule has 1 fully saturated rings. The first-order valence-corrected chi connectivity index (χ1v) is 10.2. The van der Waals surface area contributed by atoms with Gasteiger partial charge in [-0.15, -0.1) is 0 Å². The maximum absolute atomic E-state index is 13.3. The largest absolute Gasteiger partial charge is 0.468 e. The van der Waals surface area contributed by atoms with Crippen LogP contribution in [-0.4, -0.2) is 32.0 Å². The lowest BCUT2D eigenvalue weighted by molar-refractivity contribution is 0.0914. The molecular weight excluding hydrogens is 350 g/mol. The van der Waals surface area contributed by atoms with Gasteiger partial charge < -0.3 is 9.15 Å². The van der Waals surface area contributed by atoms with Crippen molar-refractivity contribution in [2.75, 3.05) is 13.2 Å². The van der Waals surface area contributed by atoms with Crippen molar-refractivity contribution in [3.63, 3.8) is 0 Å². The molecule has 0 unspecified atom stereocenters. The van der Waals surface area contributed by atoms with E-state index >= 15 is 0 Å². The molecule has 26 heavy (non-hydrogen) atoms. The number of sulfonamides is 1. The Morgan fingerprint density at radius 3 is 2.62 bits per heavy atom. The first-order chi connectivity index (χ1) is 12.6. The summed E-state index contributed by atoms with van der Waals surface area (Å²) in [6, 6.07) is 16.5. The fourth-order valence-corrected chi connectivity index (χ4v) is 4.79. The highest BCUT2D eigenvalue weighted by Gasteiger charge is 2.30. The highest BCUT2D eigenvalue weighted by Crippen LogP contribution is 2.25. The first-order valence-electron chi connectivity index (χ1n) is 8.76. The number of hydrogen-bond donors (Lipinski definition) is 0. The molecule has 0 N–H and O–H groups in total. The lowest BCUT2D eigenvalue weighted by Gasteiger charge is -2.24. The van der Waals surface area contributed by atoms with Crippen LogP contribution in [0.2, 0.25) is 0 Å². The smallest absolute Gasteiger partial charge is 0.243 e. The minimum Gasteiger partial charge on any atom is -0.468 e. The molecule has 1 aromatic heterocycles. The van der Waals surface area contributed by atoms with E-state index in [4.69, 9.17) is 9.15 Å². The first kappa shape index (κ1) is 17.3. The third kappa shape index (κ3) is 3.53. The molecule has 1 atom stereocenters. The highest BCUT2D eigenvalue weighted by atomic mass is 32.2. The maximum atomic E-state index is 13.3. The second-order valence-electron chi connectivity index (χ2n) is 6.52. The van der Waals surface area contributed by atoms with Crippen molar-refractivity contribution in [2.45, 2.75) is 30.4 Å². The Morgan fingerprint density at radius 1 is 1.04 bits per heavy atom. The zero-order valence-electron chi connectivity index (χ0n) is 14.4. The zero-order chi connectivity index (χ0) is 18.0. The van der Waals surface area contributed by atoms with Gasteiger partial charge in [-0.2, -0.15) is 4.31 Å². The van der Waals surface area contributed by atoms with Crippen LogP contribution < -0.4 is 0 Å². The lowest BCUT2D eigenvalue weighted by atomic mass is 10.1. The standard InChI is InChI=1S/C20H21NO4S/c22-26(23,20-10-9-16-5-1-2-6-17(16)13-20)21(14-18-7-3-11-24-18)15-19-8-4-12-25-19/h1-3,5-7,9-11,13,19H,4,8,12,14-15H2/t19-/m1/s1. The van der Waals surface area contributed by atoms with Gasteiger partial charge in [0, 0.05) is 13.2 Å².